The quantitative estimate of drug-likeness (QED) is 0.550. The molecule has 5 nitrogen and oxygen atoms in total. The first kappa shape index (κ1) is 16.3. The highest BCUT2D eigenvalue weighted by Gasteiger charge is 2.22. The van der Waals surface area contributed by atoms with Crippen LogP contribution in [0, 0.1) is 0 Å². The lowest BCUT2D eigenvalue weighted by molar-refractivity contribution is -0.130. The number of hydrogen-bond donors (Lipinski definition) is 0. The number of piperazine rings is 1. The van der Waals surface area contributed by atoms with Gasteiger partial charge in [0.25, 0.3) is 0 Å². The molecule has 0 N–H and O–H groups in total. The summed E-state index contributed by atoms with van der Waals surface area (Å²) < 4.78 is 2.12. The van der Waals surface area contributed by atoms with Gasteiger partial charge in [0.15, 0.2) is 4.96 Å². The van der Waals surface area contributed by atoms with Gasteiger partial charge >= 0.3 is 0 Å². The van der Waals surface area contributed by atoms with E-state index in [0.29, 0.717) is 6.42 Å². The minimum Gasteiger partial charge on any atom is -0.368 e. The van der Waals surface area contributed by atoms with Crippen LogP contribution in [0.1, 0.15) is 5.69 Å². The number of amides is 1. The normalized spacial score (nSPS) is 15.0. The van der Waals surface area contributed by atoms with Crippen LogP contribution in [0.5, 0.6) is 0 Å². The van der Waals surface area contributed by atoms with Crippen LogP contribution in [0.3, 0.4) is 0 Å². The molecule has 136 valence electrons. The van der Waals surface area contributed by atoms with Crippen LogP contribution in [0.2, 0.25) is 0 Å². The summed E-state index contributed by atoms with van der Waals surface area (Å²) in [6.07, 6.45) is 0.422. The summed E-state index contributed by atoms with van der Waals surface area (Å²) in [5, 5.41) is 2.06. The number of benzene rings is 2. The van der Waals surface area contributed by atoms with E-state index in [1.54, 1.807) is 11.3 Å². The lowest BCUT2D eigenvalue weighted by atomic mass is 10.2. The summed E-state index contributed by atoms with van der Waals surface area (Å²) in [4.78, 5) is 22.8. The van der Waals surface area contributed by atoms with Gasteiger partial charge in [0.05, 0.1) is 17.5 Å². The smallest absolute Gasteiger partial charge is 0.228 e. The number of aromatic nitrogens is 2. The lowest BCUT2D eigenvalue weighted by Crippen LogP contribution is -2.49. The molecule has 2 aromatic carbocycles. The van der Waals surface area contributed by atoms with Crippen molar-refractivity contribution in [1.82, 2.24) is 14.3 Å². The standard InChI is InChI=1S/C21H20N4OS/c26-20(24-12-10-23(11-13-24)16-6-2-1-3-7-16)14-17-15-27-21-22-18-8-4-5-9-19(18)25(17)21/h1-9,15H,10-14H2. The molecule has 0 radical (unpaired) electrons. The monoisotopic (exact) mass is 376 g/mol. The van der Waals surface area contributed by atoms with Crippen molar-refractivity contribution in [2.45, 2.75) is 6.42 Å². The summed E-state index contributed by atoms with van der Waals surface area (Å²) in [7, 11) is 0. The highest BCUT2D eigenvalue weighted by Crippen LogP contribution is 2.24. The van der Waals surface area contributed by atoms with Crippen molar-refractivity contribution in [1.29, 1.82) is 0 Å². The van der Waals surface area contributed by atoms with E-state index in [-0.39, 0.29) is 5.91 Å². The second-order valence-corrected chi connectivity index (χ2v) is 7.66. The zero-order chi connectivity index (χ0) is 18.2. The molecule has 3 heterocycles. The van der Waals surface area contributed by atoms with E-state index in [2.05, 4.69) is 50.0 Å². The van der Waals surface area contributed by atoms with E-state index in [9.17, 15) is 4.79 Å². The molecule has 1 fully saturated rings. The molecular formula is C21H20N4OS. The maximum atomic E-state index is 12.9. The Bertz CT molecular complexity index is 1090. The molecular weight excluding hydrogens is 356 g/mol. The Labute approximate surface area is 161 Å². The maximum Gasteiger partial charge on any atom is 0.228 e. The van der Waals surface area contributed by atoms with Crippen LogP contribution >= 0.6 is 11.3 Å². The molecule has 6 heteroatoms. The number of carbonyl (C=O) groups is 1. The van der Waals surface area contributed by atoms with E-state index in [0.717, 1.165) is 47.9 Å². The van der Waals surface area contributed by atoms with Gasteiger partial charge in [-0.1, -0.05) is 30.3 Å². The average Bonchev–Trinajstić information content (AvgIpc) is 3.28. The number of thiazole rings is 1. The number of carbonyl (C=O) groups excluding carboxylic acids is 1. The molecule has 1 saturated heterocycles. The number of rotatable bonds is 3. The van der Waals surface area contributed by atoms with Crippen molar-refractivity contribution in [2.75, 3.05) is 31.1 Å². The predicted molar refractivity (Wildman–Crippen MR) is 110 cm³/mol. The van der Waals surface area contributed by atoms with E-state index in [1.165, 1.54) is 5.69 Å². The van der Waals surface area contributed by atoms with Gasteiger partial charge in [0.1, 0.15) is 0 Å². The zero-order valence-electron chi connectivity index (χ0n) is 14.9. The summed E-state index contributed by atoms with van der Waals surface area (Å²) >= 11 is 1.60. The second-order valence-electron chi connectivity index (χ2n) is 6.83. The Morgan fingerprint density at radius 3 is 2.52 bits per heavy atom. The number of fused-ring (bicyclic) bond motifs is 3. The van der Waals surface area contributed by atoms with Crippen LogP contribution in [-0.2, 0) is 11.2 Å². The SMILES string of the molecule is O=C(Cc1csc2nc3ccccc3n12)N1CCN(c2ccccc2)CC1. The highest BCUT2D eigenvalue weighted by atomic mass is 32.1. The largest absolute Gasteiger partial charge is 0.368 e. The molecule has 0 atom stereocenters. The topological polar surface area (TPSA) is 40.9 Å². The van der Waals surface area contributed by atoms with Crippen molar-refractivity contribution >= 4 is 38.9 Å². The average molecular weight is 376 g/mol. The number of nitrogens with zero attached hydrogens (tertiary/aromatic N) is 4. The fourth-order valence-corrected chi connectivity index (χ4v) is 4.68. The number of hydrogen-bond acceptors (Lipinski definition) is 4. The van der Waals surface area contributed by atoms with Crippen molar-refractivity contribution < 1.29 is 4.79 Å². The van der Waals surface area contributed by atoms with Gasteiger partial charge in [0, 0.05) is 42.9 Å². The summed E-state index contributed by atoms with van der Waals surface area (Å²) in [6.45, 7) is 3.29. The number of imidazole rings is 1. The third-order valence-electron chi connectivity index (χ3n) is 5.20. The van der Waals surface area contributed by atoms with Crippen molar-refractivity contribution in [3.05, 3.63) is 65.7 Å². The van der Waals surface area contributed by atoms with Crippen molar-refractivity contribution in [2.24, 2.45) is 0 Å². The molecule has 0 aliphatic carbocycles. The van der Waals surface area contributed by atoms with Gasteiger partial charge in [-0.25, -0.2) is 4.98 Å². The third kappa shape index (κ3) is 2.96. The summed E-state index contributed by atoms with van der Waals surface area (Å²) in [6, 6.07) is 18.5. The number of anilines is 1. The van der Waals surface area contributed by atoms with Gasteiger partial charge in [-0.3, -0.25) is 9.20 Å². The van der Waals surface area contributed by atoms with Crippen LogP contribution < -0.4 is 4.90 Å². The van der Waals surface area contributed by atoms with E-state index >= 15 is 0 Å². The Morgan fingerprint density at radius 2 is 1.70 bits per heavy atom. The molecule has 0 bridgehead atoms. The first-order chi connectivity index (χ1) is 13.3. The second kappa shape index (κ2) is 6.70. The summed E-state index contributed by atoms with van der Waals surface area (Å²) in [5.41, 5.74) is 4.31. The minimum atomic E-state index is 0.195. The van der Waals surface area contributed by atoms with Gasteiger partial charge < -0.3 is 9.80 Å². The molecule has 4 aromatic rings. The van der Waals surface area contributed by atoms with Crippen molar-refractivity contribution in [3.63, 3.8) is 0 Å². The summed E-state index contributed by atoms with van der Waals surface area (Å²) in [5.74, 6) is 0.195. The fourth-order valence-electron chi connectivity index (χ4n) is 3.77. The van der Waals surface area contributed by atoms with Crippen LogP contribution in [-0.4, -0.2) is 46.4 Å². The van der Waals surface area contributed by atoms with Crippen LogP contribution in [0.15, 0.2) is 60.0 Å². The molecule has 27 heavy (non-hydrogen) atoms. The zero-order valence-corrected chi connectivity index (χ0v) is 15.7. The predicted octanol–water partition coefficient (Wildman–Crippen LogP) is 3.44. The lowest BCUT2D eigenvalue weighted by Gasteiger charge is -2.36. The molecule has 1 aliphatic heterocycles. The van der Waals surface area contributed by atoms with E-state index < -0.39 is 0 Å². The van der Waals surface area contributed by atoms with Gasteiger partial charge in [0.2, 0.25) is 5.91 Å². The first-order valence-corrected chi connectivity index (χ1v) is 10.1. The van der Waals surface area contributed by atoms with Gasteiger partial charge in [-0.15, -0.1) is 11.3 Å². The minimum absolute atomic E-state index is 0.195. The Hall–Kier alpha value is -2.86. The fraction of sp³-hybridized carbons (Fsp3) is 0.238. The van der Waals surface area contributed by atoms with E-state index in [1.807, 2.05) is 29.2 Å². The Morgan fingerprint density at radius 1 is 0.963 bits per heavy atom. The Kier molecular flexibility index (Phi) is 4.05. The van der Waals surface area contributed by atoms with Gasteiger partial charge in [-0.05, 0) is 24.3 Å². The molecule has 1 aliphatic rings. The molecule has 1 amide bonds. The van der Waals surface area contributed by atoms with E-state index in [4.69, 9.17) is 0 Å². The molecule has 2 aromatic heterocycles. The van der Waals surface area contributed by atoms with Crippen LogP contribution in [0.25, 0.3) is 16.0 Å². The Balaban J connectivity index is 1.31. The molecule has 0 spiro atoms. The molecule has 0 unspecified atom stereocenters. The third-order valence-corrected chi connectivity index (χ3v) is 6.08. The molecule has 0 saturated carbocycles. The van der Waals surface area contributed by atoms with Crippen molar-refractivity contribution in [3.8, 4) is 0 Å². The number of para-hydroxylation sites is 3. The first-order valence-electron chi connectivity index (χ1n) is 9.21. The molecule has 5 rings (SSSR count). The maximum absolute atomic E-state index is 12.9. The highest BCUT2D eigenvalue weighted by molar-refractivity contribution is 7.15. The van der Waals surface area contributed by atoms with Crippen LogP contribution in [0.4, 0.5) is 5.69 Å². The van der Waals surface area contributed by atoms with Gasteiger partial charge in [-0.2, -0.15) is 0 Å².